The molecule has 6 nitrogen and oxygen atoms in total. The maximum Gasteiger partial charge on any atom is 0.302 e. The summed E-state index contributed by atoms with van der Waals surface area (Å²) in [5.74, 6) is 0.00960. The van der Waals surface area contributed by atoms with Gasteiger partial charge in [-0.3, -0.25) is 14.4 Å². The van der Waals surface area contributed by atoms with Crippen LogP contribution in [0.3, 0.4) is 0 Å². The van der Waals surface area contributed by atoms with E-state index in [1.54, 1.807) is 0 Å². The third-order valence-electron chi connectivity index (χ3n) is 4.30. The summed E-state index contributed by atoms with van der Waals surface area (Å²) in [7, 11) is 0. The molecule has 0 aromatic heterocycles. The third-order valence-corrected chi connectivity index (χ3v) is 5.80. The van der Waals surface area contributed by atoms with Crippen molar-refractivity contribution < 1.29 is 19.1 Å². The molecule has 0 bridgehead atoms. The Labute approximate surface area is 156 Å². The number of ketones is 1. The van der Waals surface area contributed by atoms with E-state index in [2.05, 4.69) is 5.32 Å². The van der Waals surface area contributed by atoms with Crippen molar-refractivity contribution in [2.75, 3.05) is 23.8 Å². The van der Waals surface area contributed by atoms with Crippen molar-refractivity contribution in [3.8, 4) is 0 Å². The zero-order valence-corrected chi connectivity index (χ0v) is 15.5. The number of Topliss-reactive ketones (excluding diaryl/α,β-unsaturated/α-hetero) is 1. The van der Waals surface area contributed by atoms with Crippen LogP contribution in [0.1, 0.15) is 13.8 Å². The Bertz CT molecular complexity index is 803. The molecule has 1 unspecified atom stereocenters. The largest absolute Gasteiger partial charge is 0.465 e. The number of benzene rings is 1. The fraction of sp³-hybridized carbons (Fsp3) is 0.316. The molecule has 26 heavy (non-hydrogen) atoms. The van der Waals surface area contributed by atoms with E-state index < -0.39 is 4.75 Å². The van der Waals surface area contributed by atoms with E-state index in [0.29, 0.717) is 23.7 Å². The third kappa shape index (κ3) is 3.14. The predicted molar refractivity (Wildman–Crippen MR) is 101 cm³/mol. The Morgan fingerprint density at radius 2 is 2.00 bits per heavy atom. The van der Waals surface area contributed by atoms with Crippen LogP contribution in [0.5, 0.6) is 0 Å². The van der Waals surface area contributed by atoms with Crippen molar-refractivity contribution in [1.82, 2.24) is 5.32 Å². The van der Waals surface area contributed by atoms with Gasteiger partial charge in [-0.1, -0.05) is 30.4 Å². The molecular weight excluding hydrogens is 352 g/mol. The number of esters is 1. The van der Waals surface area contributed by atoms with Gasteiger partial charge in [-0.05, 0) is 19.1 Å². The first-order chi connectivity index (χ1) is 12.5. The molecule has 0 saturated heterocycles. The van der Waals surface area contributed by atoms with E-state index in [1.165, 1.54) is 25.6 Å². The number of anilines is 1. The summed E-state index contributed by atoms with van der Waals surface area (Å²) in [4.78, 5) is 38.3. The molecule has 2 aliphatic heterocycles. The maximum absolute atomic E-state index is 12.8. The van der Waals surface area contributed by atoms with E-state index in [1.807, 2.05) is 47.4 Å². The second-order valence-corrected chi connectivity index (χ2v) is 7.30. The maximum atomic E-state index is 12.8. The first kappa shape index (κ1) is 18.3. The molecule has 1 amide bonds. The molecule has 1 atom stereocenters. The van der Waals surface area contributed by atoms with Gasteiger partial charge in [0, 0.05) is 30.5 Å². The zero-order chi connectivity index (χ0) is 18.7. The molecule has 0 fully saturated rings. The number of amides is 1. The molecular formula is C19H20N2O4S. The van der Waals surface area contributed by atoms with Gasteiger partial charge < -0.3 is 15.0 Å². The van der Waals surface area contributed by atoms with E-state index in [0.717, 1.165) is 5.69 Å². The lowest BCUT2D eigenvalue weighted by Crippen LogP contribution is -2.44. The molecule has 1 aromatic rings. The smallest absolute Gasteiger partial charge is 0.302 e. The highest BCUT2D eigenvalue weighted by Gasteiger charge is 2.53. The zero-order valence-electron chi connectivity index (χ0n) is 14.7. The molecule has 1 aromatic carbocycles. The van der Waals surface area contributed by atoms with Gasteiger partial charge in [-0.25, -0.2) is 0 Å². The van der Waals surface area contributed by atoms with Crippen molar-refractivity contribution in [3.63, 3.8) is 0 Å². The van der Waals surface area contributed by atoms with Gasteiger partial charge in [-0.15, -0.1) is 11.8 Å². The van der Waals surface area contributed by atoms with Crippen molar-refractivity contribution in [2.45, 2.75) is 18.6 Å². The number of allylic oxidation sites excluding steroid dienone is 1. The molecule has 1 N–H and O–H groups in total. The number of nitrogens with one attached hydrogen (secondary N) is 1. The summed E-state index contributed by atoms with van der Waals surface area (Å²) in [5.41, 5.74) is 1.59. The van der Waals surface area contributed by atoms with Gasteiger partial charge in [0.2, 0.25) is 0 Å². The Kier molecular flexibility index (Phi) is 5.18. The summed E-state index contributed by atoms with van der Waals surface area (Å²) in [6.07, 6.45) is 3.78. The SMILES string of the molecule is CC(=O)OCCSC1(C(C)=O)C(=O)NC2=C1C=CCN2c1ccccc1. The summed E-state index contributed by atoms with van der Waals surface area (Å²) >= 11 is 1.20. The minimum absolute atomic E-state index is 0.150. The van der Waals surface area contributed by atoms with Crippen molar-refractivity contribution >= 4 is 35.1 Å². The second kappa shape index (κ2) is 7.37. The molecule has 2 heterocycles. The Balaban J connectivity index is 1.93. The predicted octanol–water partition coefficient (Wildman–Crippen LogP) is 2.03. The number of hydrogen-bond donors (Lipinski definition) is 1. The minimum atomic E-state index is -1.32. The van der Waals surface area contributed by atoms with E-state index in [4.69, 9.17) is 4.74 Å². The molecule has 0 aliphatic carbocycles. The lowest BCUT2D eigenvalue weighted by molar-refractivity contribution is -0.140. The summed E-state index contributed by atoms with van der Waals surface area (Å²) in [5, 5.41) is 2.89. The van der Waals surface area contributed by atoms with E-state index >= 15 is 0 Å². The number of carbonyl (C=O) groups is 3. The first-order valence-electron chi connectivity index (χ1n) is 8.30. The molecule has 0 radical (unpaired) electrons. The van der Waals surface area contributed by atoms with Crippen LogP contribution in [0, 0.1) is 0 Å². The van der Waals surface area contributed by atoms with Crippen LogP contribution in [0.15, 0.2) is 53.9 Å². The van der Waals surface area contributed by atoms with Gasteiger partial charge >= 0.3 is 5.97 Å². The normalized spacial score (nSPS) is 21.5. The van der Waals surface area contributed by atoms with Crippen molar-refractivity contribution in [3.05, 3.63) is 53.9 Å². The Morgan fingerprint density at radius 1 is 1.27 bits per heavy atom. The van der Waals surface area contributed by atoms with Crippen LogP contribution in [-0.2, 0) is 19.1 Å². The number of hydrogen-bond acceptors (Lipinski definition) is 6. The average molecular weight is 372 g/mol. The lowest BCUT2D eigenvalue weighted by Gasteiger charge is -2.29. The molecule has 136 valence electrons. The fourth-order valence-electron chi connectivity index (χ4n) is 3.15. The second-order valence-electron chi connectivity index (χ2n) is 5.99. The van der Waals surface area contributed by atoms with Gasteiger partial charge in [0.05, 0.1) is 0 Å². The molecule has 0 saturated carbocycles. The van der Waals surface area contributed by atoms with Crippen molar-refractivity contribution in [1.29, 1.82) is 0 Å². The minimum Gasteiger partial charge on any atom is -0.465 e. The average Bonchev–Trinajstić information content (AvgIpc) is 2.92. The number of carbonyl (C=O) groups excluding carboxylic acids is 3. The Morgan fingerprint density at radius 3 is 2.65 bits per heavy atom. The topological polar surface area (TPSA) is 75.7 Å². The first-order valence-corrected chi connectivity index (χ1v) is 9.29. The molecule has 0 spiro atoms. The highest BCUT2D eigenvalue weighted by atomic mass is 32.2. The number of rotatable bonds is 6. The number of thioether (sulfide) groups is 1. The fourth-order valence-corrected chi connectivity index (χ4v) is 4.32. The molecule has 3 rings (SSSR count). The number of para-hydroxylation sites is 1. The van der Waals surface area contributed by atoms with E-state index in [-0.39, 0.29) is 24.3 Å². The van der Waals surface area contributed by atoms with Crippen LogP contribution >= 0.6 is 11.8 Å². The van der Waals surface area contributed by atoms with Gasteiger partial charge in [0.15, 0.2) is 10.5 Å². The summed E-state index contributed by atoms with van der Waals surface area (Å²) < 4.78 is 3.62. The monoisotopic (exact) mass is 372 g/mol. The van der Waals surface area contributed by atoms with Crippen LogP contribution in [-0.4, -0.2) is 41.3 Å². The standard InChI is InChI=1S/C19H20N2O4S/c1-13(22)19(26-12-11-25-14(2)23)16-9-6-10-21(17(16)20-18(19)24)15-7-4-3-5-8-15/h3-9H,10-12H2,1-2H3,(H,20,24). The quantitative estimate of drug-likeness (QED) is 0.468. The van der Waals surface area contributed by atoms with Gasteiger partial charge in [0.25, 0.3) is 5.91 Å². The number of nitrogens with zero attached hydrogens (tertiary/aromatic N) is 1. The van der Waals surface area contributed by atoms with E-state index in [9.17, 15) is 14.4 Å². The van der Waals surface area contributed by atoms with Crippen molar-refractivity contribution in [2.24, 2.45) is 0 Å². The molecule has 7 heteroatoms. The van der Waals surface area contributed by atoms with Crippen LogP contribution in [0.25, 0.3) is 0 Å². The number of ether oxygens (including phenoxy) is 1. The van der Waals surface area contributed by atoms with Crippen LogP contribution in [0.2, 0.25) is 0 Å². The highest BCUT2D eigenvalue weighted by molar-refractivity contribution is 8.02. The lowest BCUT2D eigenvalue weighted by atomic mass is 9.94. The summed E-state index contributed by atoms with van der Waals surface area (Å²) in [6.45, 7) is 3.51. The van der Waals surface area contributed by atoms with Crippen LogP contribution < -0.4 is 10.2 Å². The van der Waals surface area contributed by atoms with Gasteiger partial charge in [-0.2, -0.15) is 0 Å². The van der Waals surface area contributed by atoms with Crippen LogP contribution in [0.4, 0.5) is 5.69 Å². The van der Waals surface area contributed by atoms with Gasteiger partial charge in [0.1, 0.15) is 12.4 Å². The highest BCUT2D eigenvalue weighted by Crippen LogP contribution is 2.43. The Hall–Kier alpha value is -2.54. The molecule has 2 aliphatic rings. The summed E-state index contributed by atoms with van der Waals surface area (Å²) in [6, 6.07) is 9.69.